The standard InChI is InChI=1S/C17H25F3N4O/c1-21-16(22-9-12-24-10-5-2-6-11-24)23-13-14-7-3-4-8-15(14)25-17(18,19)20/h3-4,7-8H,2,5-6,9-13H2,1H3,(H2,21,22,23). The molecule has 1 aromatic rings. The average molecular weight is 358 g/mol. The number of aliphatic imine (C=N–C) groups is 1. The van der Waals surface area contributed by atoms with E-state index in [9.17, 15) is 13.2 Å². The lowest BCUT2D eigenvalue weighted by Gasteiger charge is -2.26. The quantitative estimate of drug-likeness (QED) is 0.606. The summed E-state index contributed by atoms with van der Waals surface area (Å²) in [6, 6.07) is 6.08. The summed E-state index contributed by atoms with van der Waals surface area (Å²) in [7, 11) is 1.63. The second-order valence-electron chi connectivity index (χ2n) is 5.91. The van der Waals surface area contributed by atoms with Gasteiger partial charge in [-0.3, -0.25) is 4.99 Å². The number of likely N-dealkylation sites (tertiary alicyclic amines) is 1. The Morgan fingerprint density at radius 3 is 2.56 bits per heavy atom. The van der Waals surface area contributed by atoms with E-state index in [2.05, 4.69) is 25.3 Å². The Labute approximate surface area is 146 Å². The molecule has 1 saturated heterocycles. The number of nitrogens with one attached hydrogen (secondary N) is 2. The number of halogens is 3. The highest BCUT2D eigenvalue weighted by molar-refractivity contribution is 5.79. The molecule has 0 aromatic heterocycles. The van der Waals surface area contributed by atoms with Crippen LogP contribution in [0.15, 0.2) is 29.3 Å². The van der Waals surface area contributed by atoms with Gasteiger partial charge in [-0.1, -0.05) is 24.6 Å². The molecule has 0 saturated carbocycles. The van der Waals surface area contributed by atoms with Gasteiger partial charge in [-0.2, -0.15) is 0 Å². The van der Waals surface area contributed by atoms with Gasteiger partial charge in [-0.25, -0.2) is 0 Å². The smallest absolute Gasteiger partial charge is 0.405 e. The molecule has 0 aliphatic carbocycles. The Kier molecular flexibility index (Phi) is 7.36. The number of para-hydroxylation sites is 1. The number of piperidine rings is 1. The molecule has 0 spiro atoms. The lowest BCUT2D eigenvalue weighted by atomic mass is 10.1. The minimum atomic E-state index is -4.70. The number of ether oxygens (including phenoxy) is 1. The number of hydrogen-bond donors (Lipinski definition) is 2. The van der Waals surface area contributed by atoms with Crippen molar-refractivity contribution in [1.82, 2.24) is 15.5 Å². The van der Waals surface area contributed by atoms with Gasteiger partial charge in [0.1, 0.15) is 5.75 Å². The van der Waals surface area contributed by atoms with Gasteiger partial charge in [0.2, 0.25) is 0 Å². The normalized spacial score (nSPS) is 16.6. The lowest BCUT2D eigenvalue weighted by molar-refractivity contribution is -0.274. The second kappa shape index (κ2) is 9.50. The molecule has 0 bridgehead atoms. The van der Waals surface area contributed by atoms with Crippen LogP contribution in [0.4, 0.5) is 13.2 Å². The van der Waals surface area contributed by atoms with Crippen LogP contribution in [0.25, 0.3) is 0 Å². The van der Waals surface area contributed by atoms with Crippen molar-refractivity contribution in [1.29, 1.82) is 0 Å². The van der Waals surface area contributed by atoms with Crippen molar-refractivity contribution in [2.24, 2.45) is 4.99 Å². The molecule has 8 heteroatoms. The van der Waals surface area contributed by atoms with Gasteiger partial charge >= 0.3 is 6.36 Å². The van der Waals surface area contributed by atoms with Crippen LogP contribution >= 0.6 is 0 Å². The molecule has 1 aliphatic heterocycles. The van der Waals surface area contributed by atoms with E-state index >= 15 is 0 Å². The zero-order valence-electron chi connectivity index (χ0n) is 14.4. The number of alkyl halides is 3. The summed E-state index contributed by atoms with van der Waals surface area (Å²) in [5, 5.41) is 6.21. The Bertz CT molecular complexity index is 557. The number of guanidine groups is 1. The summed E-state index contributed by atoms with van der Waals surface area (Å²) in [4.78, 5) is 6.50. The average Bonchev–Trinajstić information content (AvgIpc) is 2.58. The van der Waals surface area contributed by atoms with E-state index in [-0.39, 0.29) is 12.3 Å². The van der Waals surface area contributed by atoms with Gasteiger partial charge < -0.3 is 20.3 Å². The molecule has 5 nitrogen and oxygen atoms in total. The highest BCUT2D eigenvalue weighted by Crippen LogP contribution is 2.25. The zero-order chi connectivity index (χ0) is 18.1. The Morgan fingerprint density at radius 2 is 1.88 bits per heavy atom. The van der Waals surface area contributed by atoms with E-state index in [0.29, 0.717) is 11.5 Å². The lowest BCUT2D eigenvalue weighted by Crippen LogP contribution is -2.42. The minimum absolute atomic E-state index is 0.190. The van der Waals surface area contributed by atoms with Gasteiger partial charge in [0, 0.05) is 32.2 Å². The maximum Gasteiger partial charge on any atom is 0.573 e. The molecule has 0 radical (unpaired) electrons. The first-order valence-corrected chi connectivity index (χ1v) is 8.48. The monoisotopic (exact) mass is 358 g/mol. The first-order chi connectivity index (χ1) is 12.0. The number of nitrogens with zero attached hydrogens (tertiary/aromatic N) is 2. The SMILES string of the molecule is CN=C(NCCN1CCCCC1)NCc1ccccc1OC(F)(F)F. The van der Waals surface area contributed by atoms with Crippen LogP contribution in [-0.4, -0.2) is 50.4 Å². The number of benzene rings is 1. The molecule has 140 valence electrons. The van der Waals surface area contributed by atoms with Crippen LogP contribution in [-0.2, 0) is 6.54 Å². The first-order valence-electron chi connectivity index (χ1n) is 8.48. The second-order valence-corrected chi connectivity index (χ2v) is 5.91. The van der Waals surface area contributed by atoms with Crippen LogP contribution in [0.5, 0.6) is 5.75 Å². The molecule has 0 amide bonds. The highest BCUT2D eigenvalue weighted by Gasteiger charge is 2.31. The fraction of sp³-hybridized carbons (Fsp3) is 0.588. The van der Waals surface area contributed by atoms with Crippen molar-refractivity contribution in [3.05, 3.63) is 29.8 Å². The summed E-state index contributed by atoms with van der Waals surface area (Å²) < 4.78 is 41.4. The van der Waals surface area contributed by atoms with Gasteiger partial charge in [0.25, 0.3) is 0 Å². The van der Waals surface area contributed by atoms with E-state index in [1.807, 2.05) is 0 Å². The van der Waals surface area contributed by atoms with Crippen molar-refractivity contribution in [3.63, 3.8) is 0 Å². The molecule has 1 heterocycles. The molecule has 1 aromatic carbocycles. The van der Waals surface area contributed by atoms with E-state index in [0.717, 1.165) is 26.2 Å². The van der Waals surface area contributed by atoms with Gasteiger partial charge in [0.15, 0.2) is 5.96 Å². The van der Waals surface area contributed by atoms with Gasteiger partial charge in [-0.15, -0.1) is 13.2 Å². The number of hydrogen-bond acceptors (Lipinski definition) is 3. The molecule has 1 fully saturated rings. The van der Waals surface area contributed by atoms with Crippen LogP contribution in [0.1, 0.15) is 24.8 Å². The molecule has 25 heavy (non-hydrogen) atoms. The first kappa shape index (κ1) is 19.4. The fourth-order valence-corrected chi connectivity index (χ4v) is 2.79. The van der Waals surface area contributed by atoms with Crippen LogP contribution < -0.4 is 15.4 Å². The Morgan fingerprint density at radius 1 is 1.16 bits per heavy atom. The van der Waals surface area contributed by atoms with E-state index in [4.69, 9.17) is 0 Å². The number of rotatable bonds is 6. The van der Waals surface area contributed by atoms with Gasteiger partial charge in [0.05, 0.1) is 0 Å². The predicted molar refractivity (Wildman–Crippen MR) is 91.6 cm³/mol. The maximum absolute atomic E-state index is 12.4. The van der Waals surface area contributed by atoms with Crippen LogP contribution in [0.2, 0.25) is 0 Å². The summed E-state index contributed by atoms with van der Waals surface area (Å²) in [5.41, 5.74) is 0.416. The van der Waals surface area contributed by atoms with Crippen molar-refractivity contribution < 1.29 is 17.9 Å². The predicted octanol–water partition coefficient (Wildman–Crippen LogP) is 2.74. The Hall–Kier alpha value is -1.96. The van der Waals surface area contributed by atoms with E-state index in [1.165, 1.54) is 31.4 Å². The molecule has 0 atom stereocenters. The largest absolute Gasteiger partial charge is 0.573 e. The van der Waals surface area contributed by atoms with E-state index in [1.54, 1.807) is 19.2 Å². The summed E-state index contributed by atoms with van der Waals surface area (Å²) >= 11 is 0. The molecular formula is C17H25F3N4O. The fourth-order valence-electron chi connectivity index (χ4n) is 2.79. The highest BCUT2D eigenvalue weighted by atomic mass is 19.4. The maximum atomic E-state index is 12.4. The third kappa shape index (κ3) is 7.21. The van der Waals surface area contributed by atoms with Crippen molar-refractivity contribution in [3.8, 4) is 5.75 Å². The topological polar surface area (TPSA) is 48.9 Å². The molecule has 2 N–H and O–H groups in total. The summed E-state index contributed by atoms with van der Waals surface area (Å²) in [6.45, 7) is 4.09. The summed E-state index contributed by atoms with van der Waals surface area (Å²) in [6.07, 6.45) is -0.928. The van der Waals surface area contributed by atoms with Crippen LogP contribution in [0.3, 0.4) is 0 Å². The third-order valence-corrected chi connectivity index (χ3v) is 4.04. The van der Waals surface area contributed by atoms with Crippen LogP contribution in [0, 0.1) is 0 Å². The summed E-state index contributed by atoms with van der Waals surface area (Å²) in [5.74, 6) is 0.352. The van der Waals surface area contributed by atoms with E-state index < -0.39 is 6.36 Å². The van der Waals surface area contributed by atoms with Gasteiger partial charge in [-0.05, 0) is 32.0 Å². The third-order valence-electron chi connectivity index (χ3n) is 4.04. The Balaban J connectivity index is 1.80. The zero-order valence-corrected chi connectivity index (χ0v) is 14.4. The van der Waals surface area contributed by atoms with Crippen molar-refractivity contribution in [2.75, 3.05) is 33.2 Å². The molecule has 2 rings (SSSR count). The van der Waals surface area contributed by atoms with Crippen molar-refractivity contribution >= 4 is 5.96 Å². The molecule has 1 aliphatic rings. The van der Waals surface area contributed by atoms with Crippen molar-refractivity contribution in [2.45, 2.75) is 32.2 Å². The minimum Gasteiger partial charge on any atom is -0.405 e. The molecule has 0 unspecified atom stereocenters. The molecular weight excluding hydrogens is 333 g/mol.